The number of benzene rings is 1. The third-order valence-corrected chi connectivity index (χ3v) is 4.20. The van der Waals surface area contributed by atoms with E-state index >= 15 is 0 Å². The maximum absolute atomic E-state index is 12.7. The van der Waals surface area contributed by atoms with Crippen LogP contribution in [0, 0.1) is 5.41 Å². The second-order valence-electron chi connectivity index (χ2n) is 4.74. The van der Waals surface area contributed by atoms with Gasteiger partial charge in [0.2, 0.25) is 5.91 Å². The van der Waals surface area contributed by atoms with Crippen molar-refractivity contribution in [2.75, 3.05) is 11.4 Å². The summed E-state index contributed by atoms with van der Waals surface area (Å²) in [6.07, 6.45) is 1.37. The molecular weight excluding hydrogens is 264 g/mol. The lowest BCUT2D eigenvalue weighted by atomic mass is 9.79. The van der Waals surface area contributed by atoms with E-state index in [1.165, 1.54) is 4.90 Å². The summed E-state index contributed by atoms with van der Waals surface area (Å²) in [6, 6.07) is 6.48. The van der Waals surface area contributed by atoms with Crippen LogP contribution in [0.1, 0.15) is 26.7 Å². The standard InChI is InChI=1S/C14H17ClN2O2/c1-3-14(4-2)9-16-13(19)17(12(14)18)11-8-6-5-7-10(11)15/h5-8H,3-4,9H2,1-2H3,(H,16,19). The molecule has 0 unspecified atom stereocenters. The normalized spacial score (nSPS) is 18.4. The van der Waals surface area contributed by atoms with Gasteiger partial charge in [0.05, 0.1) is 16.1 Å². The van der Waals surface area contributed by atoms with Gasteiger partial charge in [0.1, 0.15) is 0 Å². The molecule has 0 aromatic heterocycles. The van der Waals surface area contributed by atoms with Gasteiger partial charge in [0, 0.05) is 6.54 Å². The molecule has 0 atom stereocenters. The predicted octanol–water partition coefficient (Wildman–Crippen LogP) is 3.20. The summed E-state index contributed by atoms with van der Waals surface area (Å²) in [5.41, 5.74) is -0.0924. The molecule has 102 valence electrons. The second-order valence-corrected chi connectivity index (χ2v) is 5.15. The van der Waals surface area contributed by atoms with Crippen LogP contribution in [0.2, 0.25) is 5.02 Å². The topological polar surface area (TPSA) is 49.4 Å². The van der Waals surface area contributed by atoms with Crippen LogP contribution in [0.4, 0.5) is 10.5 Å². The number of carbonyl (C=O) groups is 2. The third-order valence-electron chi connectivity index (χ3n) is 3.88. The van der Waals surface area contributed by atoms with Crippen LogP contribution in [0.15, 0.2) is 24.3 Å². The van der Waals surface area contributed by atoms with Gasteiger partial charge in [-0.05, 0) is 25.0 Å². The first-order chi connectivity index (χ1) is 9.05. The van der Waals surface area contributed by atoms with Gasteiger partial charge >= 0.3 is 6.03 Å². The van der Waals surface area contributed by atoms with Crippen molar-refractivity contribution >= 4 is 29.2 Å². The van der Waals surface area contributed by atoms with E-state index in [1.807, 2.05) is 13.8 Å². The zero-order valence-electron chi connectivity index (χ0n) is 11.1. The summed E-state index contributed by atoms with van der Waals surface area (Å²) in [4.78, 5) is 25.9. The van der Waals surface area contributed by atoms with Gasteiger partial charge in [-0.15, -0.1) is 0 Å². The molecular formula is C14H17ClN2O2. The lowest BCUT2D eigenvalue weighted by Crippen LogP contribution is -2.60. The number of rotatable bonds is 3. The molecule has 3 amide bonds. The number of carbonyl (C=O) groups excluding carboxylic acids is 2. The third kappa shape index (κ3) is 2.21. The number of para-hydroxylation sites is 1. The van der Waals surface area contributed by atoms with Crippen molar-refractivity contribution < 1.29 is 9.59 Å². The Balaban J connectivity index is 2.46. The Kier molecular flexibility index (Phi) is 3.80. The molecule has 0 saturated carbocycles. The van der Waals surface area contributed by atoms with Crippen molar-refractivity contribution in [3.63, 3.8) is 0 Å². The van der Waals surface area contributed by atoms with Gasteiger partial charge in [-0.25, -0.2) is 9.69 Å². The number of imide groups is 1. The van der Waals surface area contributed by atoms with Crippen LogP contribution in [0.3, 0.4) is 0 Å². The van der Waals surface area contributed by atoms with Crippen molar-refractivity contribution in [3.05, 3.63) is 29.3 Å². The Morgan fingerprint density at radius 3 is 2.47 bits per heavy atom. The number of anilines is 1. The van der Waals surface area contributed by atoms with E-state index in [9.17, 15) is 9.59 Å². The van der Waals surface area contributed by atoms with E-state index in [0.29, 0.717) is 30.1 Å². The summed E-state index contributed by atoms with van der Waals surface area (Å²) in [6.45, 7) is 4.31. The molecule has 1 aliphatic heterocycles. The van der Waals surface area contributed by atoms with Crippen molar-refractivity contribution in [1.29, 1.82) is 0 Å². The smallest absolute Gasteiger partial charge is 0.328 e. The van der Waals surface area contributed by atoms with Gasteiger partial charge < -0.3 is 5.32 Å². The van der Waals surface area contributed by atoms with Crippen LogP contribution >= 0.6 is 11.6 Å². The van der Waals surface area contributed by atoms with Crippen molar-refractivity contribution in [1.82, 2.24) is 5.32 Å². The average molecular weight is 281 g/mol. The molecule has 19 heavy (non-hydrogen) atoms. The van der Waals surface area contributed by atoms with E-state index in [4.69, 9.17) is 11.6 Å². The average Bonchev–Trinajstić information content (AvgIpc) is 2.42. The SMILES string of the molecule is CCC1(CC)CNC(=O)N(c2ccccc2Cl)C1=O. The molecule has 5 heteroatoms. The minimum Gasteiger partial charge on any atom is -0.336 e. The quantitative estimate of drug-likeness (QED) is 0.924. The maximum Gasteiger partial charge on any atom is 0.328 e. The zero-order chi connectivity index (χ0) is 14.0. The van der Waals surface area contributed by atoms with Crippen molar-refractivity contribution in [2.24, 2.45) is 5.41 Å². The van der Waals surface area contributed by atoms with E-state index in [2.05, 4.69) is 5.32 Å². The lowest BCUT2D eigenvalue weighted by Gasteiger charge is -2.40. The van der Waals surface area contributed by atoms with Gasteiger partial charge in [-0.3, -0.25) is 4.79 Å². The van der Waals surface area contributed by atoms with E-state index < -0.39 is 11.4 Å². The molecule has 0 bridgehead atoms. The lowest BCUT2D eigenvalue weighted by molar-refractivity contribution is -0.128. The molecule has 1 fully saturated rings. The Bertz CT molecular complexity index is 512. The highest BCUT2D eigenvalue weighted by Crippen LogP contribution is 2.35. The molecule has 0 aliphatic carbocycles. The van der Waals surface area contributed by atoms with Crippen LogP contribution < -0.4 is 10.2 Å². The van der Waals surface area contributed by atoms with Crippen LogP contribution in [-0.2, 0) is 4.79 Å². The Morgan fingerprint density at radius 2 is 1.89 bits per heavy atom. The fraction of sp³-hybridized carbons (Fsp3) is 0.429. The number of hydrogen-bond acceptors (Lipinski definition) is 2. The number of urea groups is 1. The Labute approximate surface area is 117 Å². The molecule has 1 aromatic carbocycles. The first-order valence-electron chi connectivity index (χ1n) is 6.42. The second kappa shape index (κ2) is 5.21. The molecule has 1 heterocycles. The van der Waals surface area contributed by atoms with Crippen LogP contribution in [-0.4, -0.2) is 18.5 Å². The molecule has 0 radical (unpaired) electrons. The Morgan fingerprint density at radius 1 is 1.26 bits per heavy atom. The first-order valence-corrected chi connectivity index (χ1v) is 6.80. The summed E-state index contributed by atoms with van der Waals surface area (Å²) < 4.78 is 0. The number of nitrogens with zero attached hydrogens (tertiary/aromatic N) is 1. The van der Waals surface area contributed by atoms with Gasteiger partial charge in [0.25, 0.3) is 0 Å². The van der Waals surface area contributed by atoms with E-state index in [-0.39, 0.29) is 5.91 Å². The van der Waals surface area contributed by atoms with Gasteiger partial charge in [-0.1, -0.05) is 37.6 Å². The highest BCUT2D eigenvalue weighted by Gasteiger charge is 2.45. The number of halogens is 1. The minimum atomic E-state index is -0.535. The predicted molar refractivity (Wildman–Crippen MR) is 75.4 cm³/mol. The largest absolute Gasteiger partial charge is 0.336 e. The summed E-state index contributed by atoms with van der Waals surface area (Å²) in [5, 5.41) is 3.19. The van der Waals surface area contributed by atoms with Gasteiger partial charge in [0.15, 0.2) is 0 Å². The number of amides is 3. The molecule has 4 nitrogen and oxygen atoms in total. The van der Waals surface area contributed by atoms with E-state index in [1.54, 1.807) is 24.3 Å². The monoisotopic (exact) mass is 280 g/mol. The zero-order valence-corrected chi connectivity index (χ0v) is 11.8. The fourth-order valence-electron chi connectivity index (χ4n) is 2.38. The Hall–Kier alpha value is -1.55. The van der Waals surface area contributed by atoms with Crippen LogP contribution in [0.5, 0.6) is 0 Å². The molecule has 1 aromatic rings. The molecule has 1 saturated heterocycles. The number of hydrogen-bond donors (Lipinski definition) is 1. The highest BCUT2D eigenvalue weighted by molar-refractivity contribution is 6.35. The molecule has 0 spiro atoms. The maximum atomic E-state index is 12.7. The molecule has 1 N–H and O–H groups in total. The first kappa shape index (κ1) is 13.9. The minimum absolute atomic E-state index is 0.172. The van der Waals surface area contributed by atoms with Crippen LogP contribution in [0.25, 0.3) is 0 Å². The summed E-state index contributed by atoms with van der Waals surface area (Å²) in [5.74, 6) is -0.172. The van der Waals surface area contributed by atoms with Crippen molar-refractivity contribution in [3.8, 4) is 0 Å². The molecule has 1 aliphatic rings. The fourth-order valence-corrected chi connectivity index (χ4v) is 2.60. The molecule has 2 rings (SSSR count). The summed E-state index contributed by atoms with van der Waals surface area (Å²) in [7, 11) is 0. The van der Waals surface area contributed by atoms with Crippen molar-refractivity contribution in [2.45, 2.75) is 26.7 Å². The summed E-state index contributed by atoms with van der Waals surface area (Å²) >= 11 is 6.09. The van der Waals surface area contributed by atoms with Gasteiger partial charge in [-0.2, -0.15) is 0 Å². The highest BCUT2D eigenvalue weighted by atomic mass is 35.5. The van der Waals surface area contributed by atoms with E-state index in [0.717, 1.165) is 0 Å². The number of nitrogens with one attached hydrogen (secondary N) is 1.